The summed E-state index contributed by atoms with van der Waals surface area (Å²) in [4.78, 5) is 4.07. The average molecular weight is 297 g/mol. The van der Waals surface area contributed by atoms with E-state index in [9.17, 15) is 0 Å². The Balaban J connectivity index is 1.99. The molecule has 2 atom stereocenters. The van der Waals surface area contributed by atoms with E-state index in [1.54, 1.807) is 0 Å². The van der Waals surface area contributed by atoms with Crippen LogP contribution in [0, 0.1) is 0 Å². The van der Waals surface area contributed by atoms with Crippen molar-refractivity contribution in [2.24, 2.45) is 0 Å². The van der Waals surface area contributed by atoms with E-state index < -0.39 is 0 Å². The van der Waals surface area contributed by atoms with E-state index in [4.69, 9.17) is 5.73 Å². The van der Waals surface area contributed by atoms with E-state index in [0.717, 1.165) is 13.0 Å². The fraction of sp³-hybridized carbons (Fsp3) is 0.643. The molecule has 2 rings (SSSR count). The molecular weight excluding hydrogens is 274 g/mol. The van der Waals surface area contributed by atoms with Gasteiger partial charge in [-0.05, 0) is 37.1 Å². The molecule has 0 spiro atoms. The van der Waals surface area contributed by atoms with Crippen molar-refractivity contribution in [3.63, 3.8) is 0 Å². The minimum absolute atomic E-state index is 0.541. The average Bonchev–Trinajstić information content (AvgIpc) is 2.44. The summed E-state index contributed by atoms with van der Waals surface area (Å²) in [5, 5.41) is 4.42. The lowest BCUT2D eigenvalue weighted by Gasteiger charge is -2.30. The van der Waals surface area contributed by atoms with Gasteiger partial charge in [0.25, 0.3) is 0 Å². The molecule has 0 radical (unpaired) electrons. The van der Waals surface area contributed by atoms with Crippen LogP contribution in [0.4, 0.5) is 5.82 Å². The lowest BCUT2D eigenvalue weighted by Crippen LogP contribution is -2.43. The molecule has 0 aromatic carbocycles. The van der Waals surface area contributed by atoms with Gasteiger partial charge in [-0.2, -0.15) is 23.5 Å². The van der Waals surface area contributed by atoms with Crippen molar-refractivity contribution in [2.75, 3.05) is 29.5 Å². The molecule has 1 fully saturated rings. The zero-order valence-corrected chi connectivity index (χ0v) is 13.1. The summed E-state index contributed by atoms with van der Waals surface area (Å²) < 4.78 is 0. The highest BCUT2D eigenvalue weighted by atomic mass is 32.2. The van der Waals surface area contributed by atoms with Crippen LogP contribution in [0.3, 0.4) is 0 Å². The second kappa shape index (κ2) is 8.02. The van der Waals surface area contributed by atoms with Crippen LogP contribution in [-0.2, 0) is 6.42 Å². The molecule has 1 aromatic heterocycles. The number of rotatable bonds is 6. The monoisotopic (exact) mass is 297 g/mol. The summed E-state index contributed by atoms with van der Waals surface area (Å²) in [5.41, 5.74) is 7.06. The second-order valence-electron chi connectivity index (χ2n) is 4.84. The van der Waals surface area contributed by atoms with E-state index >= 15 is 0 Å². The molecule has 5 heteroatoms. The molecule has 0 saturated carbocycles. The molecule has 106 valence electrons. The Labute approximate surface area is 124 Å². The van der Waals surface area contributed by atoms with E-state index in [-0.39, 0.29) is 0 Å². The first-order chi connectivity index (χ1) is 9.29. The Kier molecular flexibility index (Phi) is 6.34. The van der Waals surface area contributed by atoms with Crippen molar-refractivity contribution in [2.45, 2.75) is 31.1 Å². The molecule has 2 unspecified atom stereocenters. The summed E-state index contributed by atoms with van der Waals surface area (Å²) >= 11 is 4.20. The first-order valence-electron chi connectivity index (χ1n) is 6.92. The molecule has 1 aliphatic rings. The lowest BCUT2D eigenvalue weighted by molar-refractivity contribution is 0.506. The summed E-state index contributed by atoms with van der Waals surface area (Å²) in [6, 6.07) is 4.62. The molecule has 0 aliphatic carbocycles. The topological polar surface area (TPSA) is 50.9 Å². The van der Waals surface area contributed by atoms with Gasteiger partial charge in [-0.25, -0.2) is 4.98 Å². The van der Waals surface area contributed by atoms with Gasteiger partial charge in [-0.1, -0.05) is 6.92 Å². The standard InChI is InChI=1S/C14H23N3S2/c1-2-4-16-12(13-10-18-6-7-19-13)8-11-3-5-17-14(15)9-11/h3,5,9,12-13,16H,2,4,6-8,10H2,1H3,(H2,15,17). The first-order valence-corrected chi connectivity index (χ1v) is 9.13. The quantitative estimate of drug-likeness (QED) is 0.844. The molecule has 2 heterocycles. The summed E-state index contributed by atoms with van der Waals surface area (Å²) in [6.45, 7) is 3.31. The Bertz CT molecular complexity index is 381. The van der Waals surface area contributed by atoms with Gasteiger partial charge in [-0.3, -0.25) is 0 Å². The Morgan fingerprint density at radius 3 is 3.11 bits per heavy atom. The minimum Gasteiger partial charge on any atom is -0.384 e. The van der Waals surface area contributed by atoms with Crippen LogP contribution >= 0.6 is 23.5 Å². The maximum atomic E-state index is 5.77. The summed E-state index contributed by atoms with van der Waals surface area (Å²) in [5.74, 6) is 4.45. The van der Waals surface area contributed by atoms with Crippen molar-refractivity contribution >= 4 is 29.3 Å². The fourth-order valence-corrected chi connectivity index (χ4v) is 5.17. The Hall–Kier alpha value is -0.390. The third-order valence-electron chi connectivity index (χ3n) is 3.25. The number of anilines is 1. The predicted molar refractivity (Wildman–Crippen MR) is 88.0 cm³/mol. The highest BCUT2D eigenvalue weighted by molar-refractivity contribution is 8.06. The van der Waals surface area contributed by atoms with Crippen LogP contribution in [-0.4, -0.2) is 40.1 Å². The van der Waals surface area contributed by atoms with Gasteiger partial charge in [0.15, 0.2) is 0 Å². The van der Waals surface area contributed by atoms with Crippen LogP contribution < -0.4 is 11.1 Å². The van der Waals surface area contributed by atoms with Crippen LogP contribution in [0.2, 0.25) is 0 Å². The SMILES string of the molecule is CCCNC(Cc1ccnc(N)c1)C1CSCCS1. The lowest BCUT2D eigenvalue weighted by atomic mass is 10.0. The van der Waals surface area contributed by atoms with E-state index in [0.29, 0.717) is 17.1 Å². The zero-order valence-electron chi connectivity index (χ0n) is 11.5. The number of nitrogens with one attached hydrogen (secondary N) is 1. The normalized spacial score (nSPS) is 21.2. The number of pyridine rings is 1. The fourth-order valence-electron chi connectivity index (χ4n) is 2.28. The number of nitrogen functional groups attached to an aromatic ring is 1. The maximum Gasteiger partial charge on any atom is 0.123 e. The van der Waals surface area contributed by atoms with Crippen LogP contribution in [0.1, 0.15) is 18.9 Å². The number of thioether (sulfide) groups is 2. The number of nitrogens with zero attached hydrogens (tertiary/aromatic N) is 1. The predicted octanol–water partition coefficient (Wildman–Crippen LogP) is 2.42. The first kappa shape index (κ1) is 15.0. The van der Waals surface area contributed by atoms with Crippen LogP contribution in [0.25, 0.3) is 0 Å². The molecular formula is C14H23N3S2. The number of hydrogen-bond donors (Lipinski definition) is 2. The van der Waals surface area contributed by atoms with Crippen molar-refractivity contribution in [1.29, 1.82) is 0 Å². The van der Waals surface area contributed by atoms with Crippen molar-refractivity contribution in [1.82, 2.24) is 10.3 Å². The number of hydrogen-bond acceptors (Lipinski definition) is 5. The minimum atomic E-state index is 0.541. The Morgan fingerprint density at radius 2 is 2.42 bits per heavy atom. The van der Waals surface area contributed by atoms with Gasteiger partial charge in [0.2, 0.25) is 0 Å². The van der Waals surface area contributed by atoms with Gasteiger partial charge in [-0.15, -0.1) is 0 Å². The highest BCUT2D eigenvalue weighted by Gasteiger charge is 2.24. The smallest absolute Gasteiger partial charge is 0.123 e. The second-order valence-corrected chi connectivity index (χ2v) is 7.33. The molecule has 0 amide bonds. The third kappa shape index (κ3) is 4.89. The van der Waals surface area contributed by atoms with E-state index in [2.05, 4.69) is 46.8 Å². The molecule has 1 aliphatic heterocycles. The van der Waals surface area contributed by atoms with Gasteiger partial charge in [0.05, 0.1) is 0 Å². The molecule has 19 heavy (non-hydrogen) atoms. The third-order valence-corrected chi connectivity index (χ3v) is 6.17. The molecule has 3 N–H and O–H groups in total. The highest BCUT2D eigenvalue weighted by Crippen LogP contribution is 2.28. The van der Waals surface area contributed by atoms with E-state index in [1.165, 1.54) is 29.2 Å². The van der Waals surface area contributed by atoms with Crippen molar-refractivity contribution in [3.05, 3.63) is 23.9 Å². The van der Waals surface area contributed by atoms with Crippen LogP contribution in [0.5, 0.6) is 0 Å². The maximum absolute atomic E-state index is 5.77. The van der Waals surface area contributed by atoms with Crippen molar-refractivity contribution in [3.8, 4) is 0 Å². The molecule has 1 aromatic rings. The number of nitrogens with two attached hydrogens (primary N) is 1. The molecule has 0 bridgehead atoms. The Morgan fingerprint density at radius 1 is 1.53 bits per heavy atom. The largest absolute Gasteiger partial charge is 0.384 e. The number of aromatic nitrogens is 1. The van der Waals surface area contributed by atoms with Gasteiger partial charge >= 0.3 is 0 Å². The summed E-state index contributed by atoms with van der Waals surface area (Å²) in [7, 11) is 0. The molecule has 1 saturated heterocycles. The van der Waals surface area contributed by atoms with Gasteiger partial charge < -0.3 is 11.1 Å². The van der Waals surface area contributed by atoms with E-state index in [1.807, 2.05) is 12.3 Å². The van der Waals surface area contributed by atoms with Crippen molar-refractivity contribution < 1.29 is 0 Å². The zero-order chi connectivity index (χ0) is 13.5. The van der Waals surface area contributed by atoms with Gasteiger partial charge in [0, 0.05) is 34.7 Å². The van der Waals surface area contributed by atoms with Crippen LogP contribution in [0.15, 0.2) is 18.3 Å². The summed E-state index contributed by atoms with van der Waals surface area (Å²) in [6.07, 6.45) is 4.04. The molecule has 3 nitrogen and oxygen atoms in total. The van der Waals surface area contributed by atoms with Gasteiger partial charge in [0.1, 0.15) is 5.82 Å².